The molecule has 1 N–H and O–H groups in total. The maximum Gasteiger partial charge on any atom is 0.251 e. The Morgan fingerprint density at radius 1 is 1.30 bits per heavy atom. The van der Waals surface area contributed by atoms with Crippen molar-refractivity contribution in [1.29, 1.82) is 0 Å². The summed E-state index contributed by atoms with van der Waals surface area (Å²) in [6.45, 7) is 2.26. The molecule has 0 aliphatic rings. The predicted molar refractivity (Wildman–Crippen MR) is 78.7 cm³/mol. The number of nitrogens with one attached hydrogen (secondary N) is 1. The van der Waals surface area contributed by atoms with Gasteiger partial charge in [-0.05, 0) is 31.8 Å². The average molecular weight is 272 g/mol. The largest absolute Gasteiger partial charge is 0.351 e. The number of amides is 1. The maximum absolute atomic E-state index is 11.9. The third kappa shape index (κ3) is 4.20. The molecule has 20 heavy (non-hydrogen) atoms. The van der Waals surface area contributed by atoms with E-state index in [0.29, 0.717) is 12.1 Å². The van der Waals surface area contributed by atoms with E-state index in [-0.39, 0.29) is 5.91 Å². The Morgan fingerprint density at radius 2 is 2.05 bits per heavy atom. The van der Waals surface area contributed by atoms with E-state index in [1.165, 1.54) is 0 Å². The Morgan fingerprint density at radius 3 is 2.65 bits per heavy atom. The third-order valence-corrected chi connectivity index (χ3v) is 2.99. The Bertz CT molecular complexity index is 532. The molecule has 0 bridgehead atoms. The molecule has 1 amide bonds. The summed E-state index contributed by atoms with van der Waals surface area (Å²) in [5.41, 5.74) is 1.84. The van der Waals surface area contributed by atoms with E-state index in [1.54, 1.807) is 12.5 Å². The van der Waals surface area contributed by atoms with Gasteiger partial charge in [-0.2, -0.15) is 0 Å². The number of aromatic nitrogens is 2. The molecule has 0 saturated carbocycles. The van der Waals surface area contributed by atoms with E-state index in [1.807, 2.05) is 54.0 Å². The summed E-state index contributed by atoms with van der Waals surface area (Å²) in [5, 5.41) is 2.90. The minimum atomic E-state index is -0.0268. The number of rotatable bonds is 6. The summed E-state index contributed by atoms with van der Waals surface area (Å²) in [6, 6.07) is 7.66. The van der Waals surface area contributed by atoms with Gasteiger partial charge in [-0.15, -0.1) is 0 Å². The zero-order valence-corrected chi connectivity index (χ0v) is 11.9. The molecule has 2 rings (SSSR count). The van der Waals surface area contributed by atoms with Crippen LogP contribution in [0, 0.1) is 0 Å². The van der Waals surface area contributed by atoms with Gasteiger partial charge in [0.15, 0.2) is 0 Å². The highest BCUT2D eigenvalue weighted by Crippen LogP contribution is 2.06. The van der Waals surface area contributed by atoms with Gasteiger partial charge in [0.25, 0.3) is 5.91 Å². The Labute approximate surface area is 119 Å². The summed E-state index contributed by atoms with van der Waals surface area (Å²) in [7, 11) is 3.97. The number of hydrogen-bond donors (Lipinski definition) is 1. The zero-order chi connectivity index (χ0) is 14.4. The number of likely N-dealkylation sites (N-methyl/N-ethyl adjacent to an activating group) is 1. The van der Waals surface area contributed by atoms with Gasteiger partial charge in [-0.1, -0.05) is 12.1 Å². The first kappa shape index (κ1) is 14.3. The minimum absolute atomic E-state index is 0.0268. The van der Waals surface area contributed by atoms with Gasteiger partial charge in [0.05, 0.1) is 6.33 Å². The van der Waals surface area contributed by atoms with Crippen molar-refractivity contribution in [2.45, 2.75) is 6.54 Å². The van der Waals surface area contributed by atoms with E-state index >= 15 is 0 Å². The van der Waals surface area contributed by atoms with Crippen LogP contribution in [0.1, 0.15) is 15.9 Å². The standard InChI is InChI=1S/C15H20N4O/c1-18(2)9-8-17-15(20)14-5-3-13(4-6-14)11-19-10-7-16-12-19/h3-7,10,12H,8-9,11H2,1-2H3,(H,17,20). The van der Waals surface area contributed by atoms with Crippen molar-refractivity contribution in [2.75, 3.05) is 27.2 Å². The van der Waals surface area contributed by atoms with Crippen LogP contribution < -0.4 is 5.32 Å². The summed E-state index contributed by atoms with van der Waals surface area (Å²) in [5.74, 6) is -0.0268. The molecule has 0 aliphatic carbocycles. The molecule has 1 aromatic heterocycles. The molecule has 0 atom stereocenters. The Kier molecular flexibility index (Phi) is 4.90. The summed E-state index contributed by atoms with van der Waals surface area (Å²) >= 11 is 0. The minimum Gasteiger partial charge on any atom is -0.351 e. The topological polar surface area (TPSA) is 50.2 Å². The van der Waals surface area contributed by atoms with Crippen molar-refractivity contribution in [3.63, 3.8) is 0 Å². The molecule has 0 saturated heterocycles. The summed E-state index contributed by atoms with van der Waals surface area (Å²) < 4.78 is 1.99. The third-order valence-electron chi connectivity index (χ3n) is 2.99. The van der Waals surface area contributed by atoms with Crippen molar-refractivity contribution in [3.8, 4) is 0 Å². The fraction of sp³-hybridized carbons (Fsp3) is 0.333. The van der Waals surface area contributed by atoms with Crippen LogP contribution in [-0.2, 0) is 6.54 Å². The van der Waals surface area contributed by atoms with Crippen LogP contribution in [0.15, 0.2) is 43.0 Å². The fourth-order valence-electron chi connectivity index (χ4n) is 1.85. The first-order valence-corrected chi connectivity index (χ1v) is 6.63. The molecule has 0 fully saturated rings. The van der Waals surface area contributed by atoms with Crippen LogP contribution in [0.5, 0.6) is 0 Å². The quantitative estimate of drug-likeness (QED) is 0.860. The lowest BCUT2D eigenvalue weighted by Gasteiger charge is -2.10. The SMILES string of the molecule is CN(C)CCNC(=O)c1ccc(Cn2ccnc2)cc1. The van der Waals surface area contributed by atoms with Gasteiger partial charge in [0.2, 0.25) is 0 Å². The molecular weight excluding hydrogens is 252 g/mol. The number of nitrogens with zero attached hydrogens (tertiary/aromatic N) is 3. The van der Waals surface area contributed by atoms with Crippen LogP contribution in [0.25, 0.3) is 0 Å². The first-order valence-electron chi connectivity index (χ1n) is 6.63. The highest BCUT2D eigenvalue weighted by molar-refractivity contribution is 5.94. The van der Waals surface area contributed by atoms with Crippen LogP contribution in [0.4, 0.5) is 0 Å². The van der Waals surface area contributed by atoms with Gasteiger partial charge >= 0.3 is 0 Å². The lowest BCUT2D eigenvalue weighted by atomic mass is 10.1. The molecule has 2 aromatic rings. The molecule has 5 heteroatoms. The monoisotopic (exact) mass is 272 g/mol. The smallest absolute Gasteiger partial charge is 0.251 e. The summed E-state index contributed by atoms with van der Waals surface area (Å²) in [4.78, 5) is 18.0. The van der Waals surface area contributed by atoms with Crippen molar-refractivity contribution < 1.29 is 4.79 Å². The van der Waals surface area contributed by atoms with Crippen molar-refractivity contribution in [1.82, 2.24) is 19.8 Å². The normalized spacial score (nSPS) is 10.8. The van der Waals surface area contributed by atoms with Crippen LogP contribution in [0.2, 0.25) is 0 Å². The lowest BCUT2D eigenvalue weighted by Crippen LogP contribution is -2.31. The van der Waals surface area contributed by atoms with Gasteiger partial charge in [-0.25, -0.2) is 4.98 Å². The van der Waals surface area contributed by atoms with Crippen LogP contribution in [-0.4, -0.2) is 47.5 Å². The molecule has 0 aliphatic heterocycles. The summed E-state index contributed by atoms with van der Waals surface area (Å²) in [6.07, 6.45) is 5.45. The second-order valence-electron chi connectivity index (χ2n) is 4.99. The van der Waals surface area contributed by atoms with E-state index in [4.69, 9.17) is 0 Å². The first-order chi connectivity index (χ1) is 9.65. The molecule has 106 valence electrons. The highest BCUT2D eigenvalue weighted by Gasteiger charge is 2.05. The van der Waals surface area contributed by atoms with Gasteiger partial charge < -0.3 is 14.8 Å². The molecule has 5 nitrogen and oxygen atoms in total. The van der Waals surface area contributed by atoms with Crippen molar-refractivity contribution in [2.24, 2.45) is 0 Å². The molecular formula is C15H20N4O. The maximum atomic E-state index is 11.9. The molecule has 1 aromatic carbocycles. The Balaban J connectivity index is 1.89. The van der Waals surface area contributed by atoms with Crippen LogP contribution in [0.3, 0.4) is 0 Å². The number of carbonyl (C=O) groups excluding carboxylic acids is 1. The number of carbonyl (C=O) groups is 1. The average Bonchev–Trinajstić information content (AvgIpc) is 2.92. The van der Waals surface area contributed by atoms with Crippen LogP contribution >= 0.6 is 0 Å². The lowest BCUT2D eigenvalue weighted by molar-refractivity contribution is 0.0951. The molecule has 0 unspecified atom stereocenters. The number of benzene rings is 1. The van der Waals surface area contributed by atoms with Gasteiger partial charge in [-0.3, -0.25) is 4.79 Å². The van der Waals surface area contributed by atoms with E-state index < -0.39 is 0 Å². The van der Waals surface area contributed by atoms with E-state index in [9.17, 15) is 4.79 Å². The van der Waals surface area contributed by atoms with Crippen molar-refractivity contribution in [3.05, 3.63) is 54.1 Å². The fourth-order valence-corrected chi connectivity index (χ4v) is 1.85. The second kappa shape index (κ2) is 6.86. The van der Waals surface area contributed by atoms with E-state index in [0.717, 1.165) is 18.7 Å². The van der Waals surface area contributed by atoms with E-state index in [2.05, 4.69) is 10.3 Å². The molecule has 0 radical (unpaired) electrons. The highest BCUT2D eigenvalue weighted by atomic mass is 16.1. The zero-order valence-electron chi connectivity index (χ0n) is 11.9. The number of imidazole rings is 1. The Hall–Kier alpha value is -2.14. The predicted octanol–water partition coefficient (Wildman–Crippen LogP) is 1.22. The molecule has 1 heterocycles. The van der Waals surface area contributed by atoms with Gasteiger partial charge in [0.1, 0.15) is 0 Å². The number of hydrogen-bond acceptors (Lipinski definition) is 3. The van der Waals surface area contributed by atoms with Crippen molar-refractivity contribution >= 4 is 5.91 Å². The van der Waals surface area contributed by atoms with Gasteiger partial charge in [0, 0.05) is 37.6 Å². The molecule has 0 spiro atoms. The second-order valence-corrected chi connectivity index (χ2v) is 4.99.